The van der Waals surface area contributed by atoms with Crippen molar-refractivity contribution < 1.29 is 4.79 Å². The van der Waals surface area contributed by atoms with Crippen molar-refractivity contribution in [1.29, 1.82) is 0 Å². The molecule has 1 atom stereocenters. The van der Waals surface area contributed by atoms with E-state index in [4.69, 9.17) is 18.0 Å². The summed E-state index contributed by atoms with van der Waals surface area (Å²) >= 11 is 5.12. The Morgan fingerprint density at radius 2 is 2.05 bits per heavy atom. The average molecular weight is 290 g/mol. The smallest absolute Gasteiger partial charge is 0.232 e. The van der Waals surface area contributed by atoms with Gasteiger partial charge in [-0.05, 0) is 23.8 Å². The second-order valence-corrected chi connectivity index (χ2v) is 6.79. The number of hydrogen-bond acceptors (Lipinski definition) is 2. The fraction of sp³-hybridized carbons (Fsp3) is 0.500. The number of carbonyl (C=O) groups is 1. The van der Waals surface area contributed by atoms with Gasteiger partial charge in [0.2, 0.25) is 5.91 Å². The molecule has 20 heavy (non-hydrogen) atoms. The minimum Gasteiger partial charge on any atom is -0.393 e. The highest BCUT2D eigenvalue weighted by atomic mass is 32.1. The molecule has 0 radical (unpaired) electrons. The summed E-state index contributed by atoms with van der Waals surface area (Å²) in [6.45, 7) is 5.97. The van der Waals surface area contributed by atoms with E-state index in [1.807, 2.05) is 35.2 Å². The van der Waals surface area contributed by atoms with Crippen molar-refractivity contribution in [2.45, 2.75) is 26.7 Å². The van der Waals surface area contributed by atoms with E-state index in [0.717, 1.165) is 25.1 Å². The lowest BCUT2D eigenvalue weighted by molar-refractivity contribution is -0.132. The zero-order valence-electron chi connectivity index (χ0n) is 12.1. The van der Waals surface area contributed by atoms with Gasteiger partial charge in [0.15, 0.2) is 0 Å². The van der Waals surface area contributed by atoms with E-state index in [-0.39, 0.29) is 17.2 Å². The van der Waals surface area contributed by atoms with Gasteiger partial charge < -0.3 is 10.6 Å². The Balaban J connectivity index is 2.09. The van der Waals surface area contributed by atoms with E-state index in [2.05, 4.69) is 13.8 Å². The molecule has 0 bridgehead atoms. The van der Waals surface area contributed by atoms with E-state index < -0.39 is 0 Å². The number of carbonyl (C=O) groups excluding carboxylic acids is 1. The molecule has 1 aromatic carbocycles. The number of benzene rings is 1. The number of likely N-dealkylation sites (tertiary alicyclic amines) is 1. The van der Waals surface area contributed by atoms with Crippen molar-refractivity contribution in [3.63, 3.8) is 0 Å². The molecule has 3 nitrogen and oxygen atoms in total. The van der Waals surface area contributed by atoms with E-state index in [1.165, 1.54) is 0 Å². The summed E-state index contributed by atoms with van der Waals surface area (Å²) in [7, 11) is 0. The molecular formula is C16H22N2OS. The lowest BCUT2D eigenvalue weighted by Gasteiger charge is -2.24. The van der Waals surface area contributed by atoms with Gasteiger partial charge in [-0.2, -0.15) is 0 Å². The third kappa shape index (κ3) is 3.57. The SMILES string of the molecule is CC1(C)CCN(C(=O)C(Cc2ccccc2)C(N)=S)C1. The van der Waals surface area contributed by atoms with Crippen LogP contribution in [-0.4, -0.2) is 28.9 Å². The van der Waals surface area contributed by atoms with Gasteiger partial charge in [-0.25, -0.2) is 0 Å². The van der Waals surface area contributed by atoms with Crippen LogP contribution in [0.4, 0.5) is 0 Å². The lowest BCUT2D eigenvalue weighted by Crippen LogP contribution is -2.41. The van der Waals surface area contributed by atoms with Crippen LogP contribution in [0.5, 0.6) is 0 Å². The van der Waals surface area contributed by atoms with Crippen molar-refractivity contribution in [2.24, 2.45) is 17.1 Å². The molecule has 108 valence electrons. The van der Waals surface area contributed by atoms with Crippen molar-refractivity contribution in [1.82, 2.24) is 4.90 Å². The highest BCUT2D eigenvalue weighted by Gasteiger charge is 2.35. The van der Waals surface area contributed by atoms with Crippen molar-refractivity contribution >= 4 is 23.1 Å². The molecular weight excluding hydrogens is 268 g/mol. The van der Waals surface area contributed by atoms with E-state index in [1.54, 1.807) is 0 Å². The predicted molar refractivity (Wildman–Crippen MR) is 85.4 cm³/mol. The number of nitrogens with zero attached hydrogens (tertiary/aromatic N) is 1. The lowest BCUT2D eigenvalue weighted by atomic mass is 9.93. The van der Waals surface area contributed by atoms with Crippen LogP contribution >= 0.6 is 12.2 Å². The fourth-order valence-electron chi connectivity index (χ4n) is 2.68. The van der Waals surface area contributed by atoms with E-state index >= 15 is 0 Å². The fourth-order valence-corrected chi connectivity index (χ4v) is 2.86. The van der Waals surface area contributed by atoms with Gasteiger partial charge in [-0.1, -0.05) is 56.4 Å². The second-order valence-electron chi connectivity index (χ2n) is 6.32. The van der Waals surface area contributed by atoms with Crippen LogP contribution in [0.2, 0.25) is 0 Å². The molecule has 2 N–H and O–H groups in total. The number of nitrogens with two attached hydrogens (primary N) is 1. The molecule has 0 aliphatic carbocycles. The zero-order chi connectivity index (χ0) is 14.8. The Labute approximate surface area is 126 Å². The molecule has 1 unspecified atom stereocenters. The summed E-state index contributed by atoms with van der Waals surface area (Å²) < 4.78 is 0. The van der Waals surface area contributed by atoms with Crippen LogP contribution < -0.4 is 5.73 Å². The highest BCUT2D eigenvalue weighted by Crippen LogP contribution is 2.30. The maximum atomic E-state index is 12.6. The molecule has 1 amide bonds. The summed E-state index contributed by atoms with van der Waals surface area (Å²) in [4.78, 5) is 14.8. The Hall–Kier alpha value is -1.42. The normalized spacial score (nSPS) is 18.8. The van der Waals surface area contributed by atoms with Gasteiger partial charge in [-0.3, -0.25) is 4.79 Å². The van der Waals surface area contributed by atoms with Crippen LogP contribution in [0.25, 0.3) is 0 Å². The molecule has 1 heterocycles. The summed E-state index contributed by atoms with van der Waals surface area (Å²) in [6, 6.07) is 9.91. The summed E-state index contributed by atoms with van der Waals surface area (Å²) in [5.74, 6) is -0.312. The summed E-state index contributed by atoms with van der Waals surface area (Å²) in [5.41, 5.74) is 7.10. The quantitative estimate of drug-likeness (QED) is 0.866. The second kappa shape index (κ2) is 5.92. The monoisotopic (exact) mass is 290 g/mol. The van der Waals surface area contributed by atoms with Gasteiger partial charge >= 0.3 is 0 Å². The van der Waals surface area contributed by atoms with Crippen molar-refractivity contribution in [2.75, 3.05) is 13.1 Å². The van der Waals surface area contributed by atoms with Gasteiger partial charge in [0, 0.05) is 13.1 Å². The first-order chi connectivity index (χ1) is 9.39. The first-order valence-electron chi connectivity index (χ1n) is 7.01. The third-order valence-electron chi connectivity index (χ3n) is 3.91. The molecule has 0 spiro atoms. The predicted octanol–water partition coefficient (Wildman–Crippen LogP) is 2.39. The maximum Gasteiger partial charge on any atom is 0.232 e. The Kier molecular flexibility index (Phi) is 4.43. The Bertz CT molecular complexity index is 498. The van der Waals surface area contributed by atoms with E-state index in [9.17, 15) is 4.79 Å². The molecule has 1 aliphatic rings. The van der Waals surface area contributed by atoms with Crippen LogP contribution in [0.3, 0.4) is 0 Å². The van der Waals surface area contributed by atoms with Gasteiger partial charge in [0.1, 0.15) is 0 Å². The summed E-state index contributed by atoms with van der Waals surface area (Å²) in [6.07, 6.45) is 1.63. The van der Waals surface area contributed by atoms with Crippen LogP contribution in [0.15, 0.2) is 30.3 Å². The molecule has 1 aliphatic heterocycles. The van der Waals surface area contributed by atoms with Crippen molar-refractivity contribution in [3.8, 4) is 0 Å². The molecule has 1 fully saturated rings. The largest absolute Gasteiger partial charge is 0.393 e. The number of amides is 1. The number of rotatable bonds is 4. The third-order valence-corrected chi connectivity index (χ3v) is 4.20. The molecule has 4 heteroatoms. The van der Waals surface area contributed by atoms with Crippen LogP contribution in [0, 0.1) is 11.3 Å². The van der Waals surface area contributed by atoms with Gasteiger partial charge in [-0.15, -0.1) is 0 Å². The Morgan fingerprint density at radius 3 is 2.55 bits per heavy atom. The Morgan fingerprint density at radius 1 is 1.40 bits per heavy atom. The minimum absolute atomic E-state index is 0.0759. The molecule has 0 saturated carbocycles. The zero-order valence-corrected chi connectivity index (χ0v) is 13.0. The standard InChI is InChI=1S/C16H22N2OS/c1-16(2)8-9-18(11-16)15(19)13(14(17)20)10-12-6-4-3-5-7-12/h3-7,13H,8-11H2,1-2H3,(H2,17,20). The topological polar surface area (TPSA) is 46.3 Å². The van der Waals surface area contributed by atoms with Crippen LogP contribution in [-0.2, 0) is 11.2 Å². The van der Waals surface area contributed by atoms with Crippen molar-refractivity contribution in [3.05, 3.63) is 35.9 Å². The van der Waals surface area contributed by atoms with Gasteiger partial charge in [0.25, 0.3) is 0 Å². The number of hydrogen-bond donors (Lipinski definition) is 1. The number of thiocarbonyl (C=S) groups is 1. The van der Waals surface area contributed by atoms with E-state index in [0.29, 0.717) is 11.4 Å². The molecule has 0 aromatic heterocycles. The summed E-state index contributed by atoms with van der Waals surface area (Å²) in [5, 5.41) is 0. The first kappa shape index (κ1) is 15.0. The average Bonchev–Trinajstić information content (AvgIpc) is 2.76. The molecule has 2 rings (SSSR count). The van der Waals surface area contributed by atoms with Gasteiger partial charge in [0.05, 0.1) is 10.9 Å². The minimum atomic E-state index is -0.388. The first-order valence-corrected chi connectivity index (χ1v) is 7.42. The maximum absolute atomic E-state index is 12.6. The molecule has 1 aromatic rings. The van der Waals surface area contributed by atoms with Crippen LogP contribution in [0.1, 0.15) is 25.8 Å². The molecule has 1 saturated heterocycles. The highest BCUT2D eigenvalue weighted by molar-refractivity contribution is 7.80.